The minimum Gasteiger partial charge on any atom is -0.279 e. The molecule has 0 radical (unpaired) electrons. The number of nitrogens with zero attached hydrogens (tertiary/aromatic N) is 5. The predicted octanol–water partition coefficient (Wildman–Crippen LogP) is 1.31. The monoisotopic (exact) mass is 387 g/mol. The van der Waals surface area contributed by atoms with E-state index in [1.54, 1.807) is 7.05 Å². The fourth-order valence-corrected chi connectivity index (χ4v) is 2.33. The zero-order valence-corrected chi connectivity index (χ0v) is 13.8. The van der Waals surface area contributed by atoms with Gasteiger partial charge in [-0.05, 0) is 6.07 Å². The first-order chi connectivity index (χ1) is 13.0. The third-order valence-corrected chi connectivity index (χ3v) is 3.61. The lowest BCUT2D eigenvalue weighted by Gasteiger charge is -2.12. The van der Waals surface area contributed by atoms with Crippen LogP contribution >= 0.6 is 11.6 Å². The molecule has 0 aliphatic carbocycles. The third kappa shape index (κ3) is 3.40. The second kappa shape index (κ2) is 6.79. The number of hydrogen-bond donors (Lipinski definition) is 0. The Morgan fingerprint density at radius 1 is 1.12 bits per heavy atom. The van der Waals surface area contributed by atoms with Crippen LogP contribution in [0, 0.1) is 17.5 Å². The van der Waals surface area contributed by atoms with E-state index >= 15 is 0 Å². The van der Waals surface area contributed by atoms with E-state index in [2.05, 4.69) is 10.1 Å². The topological polar surface area (TPSA) is 74.7 Å². The Morgan fingerprint density at radius 3 is 2.46 bits per heavy atom. The molecule has 136 valence electrons. The van der Waals surface area contributed by atoms with Gasteiger partial charge < -0.3 is 0 Å². The van der Waals surface area contributed by atoms with Crippen molar-refractivity contribution in [2.24, 2.45) is 7.05 Å². The molecule has 0 bridgehead atoms. The second-order valence-corrected chi connectivity index (χ2v) is 5.59. The van der Waals surface area contributed by atoms with Gasteiger partial charge in [-0.25, -0.2) is 22.9 Å². The Bertz CT molecular complexity index is 1190. The van der Waals surface area contributed by atoms with E-state index < -0.39 is 52.5 Å². The number of hydrogen-bond acceptors (Lipinski definition) is 4. The maximum atomic E-state index is 14.1. The van der Waals surface area contributed by atoms with Gasteiger partial charge in [0, 0.05) is 24.7 Å². The van der Waals surface area contributed by atoms with E-state index in [1.165, 1.54) is 11.0 Å². The van der Waals surface area contributed by atoms with Gasteiger partial charge in [0.15, 0.2) is 17.5 Å². The number of aromatic nitrogens is 5. The zero-order valence-electron chi connectivity index (χ0n) is 15.1. The van der Waals surface area contributed by atoms with Crippen LogP contribution in [0.3, 0.4) is 0 Å². The molecule has 0 aliphatic heterocycles. The predicted molar refractivity (Wildman–Crippen MR) is 85.5 cm³/mol. The highest BCUT2D eigenvalue weighted by molar-refractivity contribution is 6.29. The first-order valence-electron chi connectivity index (χ1n) is 8.04. The van der Waals surface area contributed by atoms with Crippen LogP contribution in [0.5, 0.6) is 0 Å². The van der Waals surface area contributed by atoms with Crippen molar-refractivity contribution < 1.29 is 15.9 Å². The molecule has 3 rings (SSSR count). The van der Waals surface area contributed by atoms with Gasteiger partial charge in [0.05, 0.1) is 15.8 Å². The molecule has 11 heteroatoms. The van der Waals surface area contributed by atoms with E-state index in [0.717, 1.165) is 6.07 Å². The summed E-state index contributed by atoms with van der Waals surface area (Å²) in [5.74, 6) is -4.40. The third-order valence-electron chi connectivity index (χ3n) is 3.33. The van der Waals surface area contributed by atoms with Crippen molar-refractivity contribution in [1.82, 2.24) is 23.9 Å². The molecule has 0 fully saturated rings. The first-order valence-corrected chi connectivity index (χ1v) is 7.42. The molecule has 7 nitrogen and oxygen atoms in total. The zero-order chi connectivity index (χ0) is 20.8. The molecule has 0 saturated heterocycles. The maximum Gasteiger partial charge on any atom is 0.332 e. The van der Waals surface area contributed by atoms with E-state index in [4.69, 9.17) is 14.3 Å². The molecule has 0 unspecified atom stereocenters. The van der Waals surface area contributed by atoms with Crippen molar-refractivity contribution in [1.29, 1.82) is 0 Å². The SMILES string of the molecule is [2H]C([2H])(c1cc(F)c(F)cc1F)n1c(Cl)cc(=O)n(Cc2ncn(C)n2)c1=O. The Hall–Kier alpha value is -2.88. The van der Waals surface area contributed by atoms with E-state index in [1.807, 2.05) is 0 Å². The molecule has 0 aliphatic rings. The van der Waals surface area contributed by atoms with Crippen molar-refractivity contribution in [2.75, 3.05) is 0 Å². The van der Waals surface area contributed by atoms with Crippen LogP contribution in [0.25, 0.3) is 0 Å². The van der Waals surface area contributed by atoms with Gasteiger partial charge in [0.1, 0.15) is 17.3 Å². The molecule has 0 spiro atoms. The summed E-state index contributed by atoms with van der Waals surface area (Å²) in [4.78, 5) is 28.8. The number of benzene rings is 1. The first kappa shape index (κ1) is 15.4. The van der Waals surface area contributed by atoms with Gasteiger partial charge in [0.2, 0.25) is 0 Å². The quantitative estimate of drug-likeness (QED) is 0.499. The lowest BCUT2D eigenvalue weighted by atomic mass is 10.2. The highest BCUT2D eigenvalue weighted by Gasteiger charge is 2.16. The molecule has 0 amide bonds. The van der Waals surface area contributed by atoms with Crippen LogP contribution in [-0.2, 0) is 20.1 Å². The van der Waals surface area contributed by atoms with Crippen LogP contribution in [0.1, 0.15) is 14.1 Å². The average molecular weight is 388 g/mol. The van der Waals surface area contributed by atoms with Crippen molar-refractivity contribution in [3.8, 4) is 0 Å². The molecule has 26 heavy (non-hydrogen) atoms. The molecule has 3 aromatic rings. The van der Waals surface area contributed by atoms with Gasteiger partial charge in [0.25, 0.3) is 5.56 Å². The summed E-state index contributed by atoms with van der Waals surface area (Å²) >= 11 is 5.86. The summed E-state index contributed by atoms with van der Waals surface area (Å²) in [5.41, 5.74) is -3.10. The number of aryl methyl sites for hydroxylation is 1. The Morgan fingerprint density at radius 2 is 1.81 bits per heavy atom. The average Bonchev–Trinajstić information content (AvgIpc) is 2.99. The Balaban J connectivity index is 2.21. The highest BCUT2D eigenvalue weighted by Crippen LogP contribution is 2.16. The van der Waals surface area contributed by atoms with Gasteiger partial charge in [-0.1, -0.05) is 11.6 Å². The summed E-state index contributed by atoms with van der Waals surface area (Å²) in [6.45, 7) is -3.45. The largest absolute Gasteiger partial charge is 0.332 e. The van der Waals surface area contributed by atoms with Crippen LogP contribution in [0.2, 0.25) is 5.15 Å². The molecule has 0 N–H and O–H groups in total. The number of halogens is 4. The number of rotatable bonds is 4. The molecular weight excluding hydrogens is 375 g/mol. The molecule has 2 heterocycles. The van der Waals surface area contributed by atoms with Crippen molar-refractivity contribution in [2.45, 2.75) is 13.0 Å². The molecule has 0 saturated carbocycles. The molecular formula is C15H11ClF3N5O2. The standard InChI is InChI=1S/C15H11ClF3N5O2/c1-22-7-20-13(21-22)6-24-14(25)4-12(16)23(15(24)26)5-8-2-10(18)11(19)3-9(8)17/h2-4,7H,5-6H2,1H3/i5D2. The minimum absolute atomic E-state index is 0.0788. The lowest BCUT2D eigenvalue weighted by Crippen LogP contribution is -2.40. The molecule has 1 aromatic carbocycles. The summed E-state index contributed by atoms with van der Waals surface area (Å²) in [6, 6.07) is 1.17. The molecule has 0 atom stereocenters. The summed E-state index contributed by atoms with van der Waals surface area (Å²) in [7, 11) is 1.56. The lowest BCUT2D eigenvalue weighted by molar-refractivity contribution is 0.486. The Labute approximate surface area is 151 Å². The summed E-state index contributed by atoms with van der Waals surface area (Å²) in [5, 5.41) is 3.26. The van der Waals surface area contributed by atoms with Gasteiger partial charge in [-0.15, -0.1) is 0 Å². The Kier molecular flexibility index (Phi) is 4.02. The van der Waals surface area contributed by atoms with Crippen LogP contribution < -0.4 is 11.2 Å². The van der Waals surface area contributed by atoms with Crippen LogP contribution in [-0.4, -0.2) is 23.9 Å². The fraction of sp³-hybridized carbons (Fsp3) is 0.200. The highest BCUT2D eigenvalue weighted by atomic mass is 35.5. The second-order valence-electron chi connectivity index (χ2n) is 5.20. The smallest absolute Gasteiger partial charge is 0.279 e. The minimum atomic E-state index is -3.04. The van der Waals surface area contributed by atoms with E-state index in [9.17, 15) is 22.8 Å². The van der Waals surface area contributed by atoms with E-state index in [0.29, 0.717) is 4.57 Å². The van der Waals surface area contributed by atoms with Crippen molar-refractivity contribution in [3.05, 3.63) is 79.4 Å². The van der Waals surface area contributed by atoms with Crippen LogP contribution in [0.15, 0.2) is 34.1 Å². The van der Waals surface area contributed by atoms with Gasteiger partial charge in [-0.3, -0.25) is 18.6 Å². The maximum absolute atomic E-state index is 14.1. The molecule has 2 aromatic heterocycles. The van der Waals surface area contributed by atoms with Crippen molar-refractivity contribution >= 4 is 11.6 Å². The van der Waals surface area contributed by atoms with E-state index in [-0.39, 0.29) is 22.5 Å². The van der Waals surface area contributed by atoms with Gasteiger partial charge in [-0.2, -0.15) is 5.10 Å². The van der Waals surface area contributed by atoms with Crippen molar-refractivity contribution in [3.63, 3.8) is 0 Å². The summed E-state index contributed by atoms with van der Waals surface area (Å²) in [6.07, 6.45) is 1.32. The van der Waals surface area contributed by atoms with Crippen LogP contribution in [0.4, 0.5) is 13.2 Å². The fourth-order valence-electron chi connectivity index (χ4n) is 2.12. The summed E-state index contributed by atoms with van der Waals surface area (Å²) < 4.78 is 59.2. The van der Waals surface area contributed by atoms with Gasteiger partial charge >= 0.3 is 5.69 Å². The normalized spacial score (nSPS) is 12.8.